The minimum atomic E-state index is 0.800. The zero-order chi connectivity index (χ0) is 10.7. The Morgan fingerprint density at radius 2 is 1.80 bits per heavy atom. The molecule has 0 bridgehead atoms. The van der Waals surface area contributed by atoms with Crippen LogP contribution in [0.15, 0.2) is 53.0 Å². The molecule has 0 unspecified atom stereocenters. The molecule has 0 aromatic heterocycles. The monoisotopic (exact) mass is 261 g/mol. The first kappa shape index (κ1) is 10.2. The van der Waals surface area contributed by atoms with E-state index in [-0.39, 0.29) is 0 Å². The van der Waals surface area contributed by atoms with Crippen molar-refractivity contribution in [3.8, 4) is 11.5 Å². The van der Waals surface area contributed by atoms with Gasteiger partial charge < -0.3 is 4.74 Å². The highest BCUT2D eigenvalue weighted by Gasteiger charge is 2.00. The van der Waals surface area contributed by atoms with Crippen LogP contribution in [0.5, 0.6) is 11.5 Å². The van der Waals surface area contributed by atoms with Crippen LogP contribution in [0.4, 0.5) is 0 Å². The predicted octanol–water partition coefficient (Wildman–Crippen LogP) is 4.42. The number of para-hydroxylation sites is 1. The third-order valence-electron chi connectivity index (χ3n) is 1.96. The van der Waals surface area contributed by atoms with Gasteiger partial charge in [-0.05, 0) is 52.7 Å². The van der Waals surface area contributed by atoms with E-state index in [1.807, 2.05) is 48.5 Å². The van der Waals surface area contributed by atoms with Crippen molar-refractivity contribution in [2.24, 2.45) is 0 Å². The van der Waals surface area contributed by atoms with Gasteiger partial charge in [-0.25, -0.2) is 0 Å². The lowest BCUT2D eigenvalue weighted by atomic mass is 10.2. The summed E-state index contributed by atoms with van der Waals surface area (Å²) in [7, 11) is 0. The van der Waals surface area contributed by atoms with E-state index in [9.17, 15) is 0 Å². The lowest BCUT2D eigenvalue weighted by Gasteiger charge is -2.07. The quantitative estimate of drug-likeness (QED) is 0.778. The van der Waals surface area contributed by atoms with Crippen LogP contribution in [-0.2, 0) is 0 Å². The van der Waals surface area contributed by atoms with E-state index in [1.54, 1.807) is 0 Å². The fourth-order valence-corrected chi connectivity index (χ4v) is 1.63. The minimum Gasteiger partial charge on any atom is -0.456 e. The van der Waals surface area contributed by atoms with Crippen molar-refractivity contribution in [3.05, 3.63) is 65.5 Å². The first-order valence-electron chi connectivity index (χ1n) is 4.60. The molecule has 0 aliphatic carbocycles. The van der Waals surface area contributed by atoms with E-state index in [0.717, 1.165) is 21.5 Å². The van der Waals surface area contributed by atoms with Crippen molar-refractivity contribution in [1.29, 1.82) is 0 Å². The maximum Gasteiger partial charge on any atom is 0.141 e. The Morgan fingerprint density at radius 1 is 1.00 bits per heavy atom. The molecular weight excluding hydrogens is 252 g/mol. The Kier molecular flexibility index (Phi) is 3.07. The fraction of sp³-hybridized carbons (Fsp3) is 0. The molecule has 0 saturated carbocycles. The Labute approximate surface area is 97.8 Å². The second-order valence-electron chi connectivity index (χ2n) is 3.18. The van der Waals surface area contributed by atoms with E-state index >= 15 is 0 Å². The first-order valence-corrected chi connectivity index (χ1v) is 5.39. The molecule has 0 heterocycles. The smallest absolute Gasteiger partial charge is 0.141 e. The number of hydrogen-bond donors (Lipinski definition) is 0. The second-order valence-corrected chi connectivity index (χ2v) is 4.03. The van der Waals surface area contributed by atoms with Gasteiger partial charge in [0, 0.05) is 0 Å². The van der Waals surface area contributed by atoms with Gasteiger partial charge in [-0.1, -0.05) is 24.3 Å². The Balaban J connectivity index is 2.26. The molecule has 15 heavy (non-hydrogen) atoms. The van der Waals surface area contributed by atoms with Crippen molar-refractivity contribution in [2.45, 2.75) is 0 Å². The number of halogens is 1. The fourth-order valence-electron chi connectivity index (χ4n) is 1.26. The molecule has 0 spiro atoms. The van der Waals surface area contributed by atoms with Gasteiger partial charge in [0.15, 0.2) is 0 Å². The minimum absolute atomic E-state index is 0.800. The van der Waals surface area contributed by atoms with Gasteiger partial charge in [0.25, 0.3) is 0 Å². The normalized spacial score (nSPS) is 10.0. The van der Waals surface area contributed by atoms with Gasteiger partial charge in [0.05, 0.1) is 4.47 Å². The summed E-state index contributed by atoms with van der Waals surface area (Å²) in [5, 5.41) is 0. The average Bonchev–Trinajstić information content (AvgIpc) is 2.22. The maximum atomic E-state index is 5.70. The van der Waals surface area contributed by atoms with Crippen molar-refractivity contribution in [2.75, 3.05) is 0 Å². The molecule has 2 aromatic rings. The average molecular weight is 262 g/mol. The largest absolute Gasteiger partial charge is 0.456 e. The van der Waals surface area contributed by atoms with E-state index in [1.165, 1.54) is 0 Å². The summed E-state index contributed by atoms with van der Waals surface area (Å²) in [5.41, 5.74) is 0.944. The SMILES string of the molecule is [CH2]c1cccc(Oc2ccccc2Br)c1. The van der Waals surface area contributed by atoms with E-state index in [2.05, 4.69) is 22.9 Å². The van der Waals surface area contributed by atoms with Gasteiger partial charge in [-0.2, -0.15) is 0 Å². The summed E-state index contributed by atoms with van der Waals surface area (Å²) < 4.78 is 6.65. The van der Waals surface area contributed by atoms with E-state index in [0.29, 0.717) is 0 Å². The van der Waals surface area contributed by atoms with Crippen LogP contribution in [0, 0.1) is 6.92 Å². The van der Waals surface area contributed by atoms with Crippen molar-refractivity contribution in [3.63, 3.8) is 0 Å². The van der Waals surface area contributed by atoms with Gasteiger partial charge in [-0.15, -0.1) is 0 Å². The molecule has 0 aliphatic heterocycles. The molecular formula is C13H10BrO. The summed E-state index contributed by atoms with van der Waals surface area (Å²) in [5.74, 6) is 1.61. The van der Waals surface area contributed by atoms with Crippen LogP contribution in [0.3, 0.4) is 0 Å². The molecule has 75 valence electrons. The molecule has 2 rings (SSSR count). The molecule has 0 amide bonds. The molecule has 2 heteroatoms. The topological polar surface area (TPSA) is 9.23 Å². The number of benzene rings is 2. The molecule has 0 N–H and O–H groups in total. The third-order valence-corrected chi connectivity index (χ3v) is 2.62. The van der Waals surface area contributed by atoms with Gasteiger partial charge in [0.1, 0.15) is 11.5 Å². The lowest BCUT2D eigenvalue weighted by molar-refractivity contribution is 0.479. The van der Waals surface area contributed by atoms with Crippen LogP contribution in [0.25, 0.3) is 0 Å². The Morgan fingerprint density at radius 3 is 2.53 bits per heavy atom. The highest BCUT2D eigenvalue weighted by Crippen LogP contribution is 2.29. The molecule has 0 atom stereocenters. The van der Waals surface area contributed by atoms with Gasteiger partial charge in [-0.3, -0.25) is 0 Å². The molecule has 0 aliphatic rings. The predicted molar refractivity (Wildman–Crippen MR) is 65.1 cm³/mol. The highest BCUT2D eigenvalue weighted by molar-refractivity contribution is 9.10. The Hall–Kier alpha value is -1.28. The number of hydrogen-bond acceptors (Lipinski definition) is 1. The standard InChI is InChI=1S/C13H10BrO/c1-10-5-4-6-11(9-10)15-13-8-3-2-7-12(13)14/h2-9H,1H2. The summed E-state index contributed by atoms with van der Waals surface area (Å²) >= 11 is 3.43. The zero-order valence-corrected chi connectivity index (χ0v) is 9.70. The summed E-state index contributed by atoms with van der Waals surface area (Å²) in [6, 6.07) is 15.4. The summed E-state index contributed by atoms with van der Waals surface area (Å²) in [4.78, 5) is 0. The van der Waals surface area contributed by atoms with Crippen LogP contribution in [0.2, 0.25) is 0 Å². The molecule has 1 nitrogen and oxygen atoms in total. The van der Waals surface area contributed by atoms with Gasteiger partial charge >= 0.3 is 0 Å². The molecule has 0 fully saturated rings. The molecule has 0 saturated heterocycles. The third kappa shape index (κ3) is 2.60. The molecule has 2 aromatic carbocycles. The lowest BCUT2D eigenvalue weighted by Crippen LogP contribution is -1.85. The van der Waals surface area contributed by atoms with Crippen LogP contribution in [-0.4, -0.2) is 0 Å². The second kappa shape index (κ2) is 4.49. The highest BCUT2D eigenvalue weighted by atomic mass is 79.9. The first-order chi connectivity index (χ1) is 7.25. The van der Waals surface area contributed by atoms with Crippen molar-refractivity contribution in [1.82, 2.24) is 0 Å². The van der Waals surface area contributed by atoms with Crippen LogP contribution in [0.1, 0.15) is 5.56 Å². The Bertz CT molecular complexity index is 466. The van der Waals surface area contributed by atoms with Gasteiger partial charge in [0.2, 0.25) is 0 Å². The summed E-state index contributed by atoms with van der Waals surface area (Å²) in [6.45, 7) is 3.85. The maximum absolute atomic E-state index is 5.70. The van der Waals surface area contributed by atoms with Crippen LogP contribution < -0.4 is 4.74 Å². The van der Waals surface area contributed by atoms with Crippen molar-refractivity contribution < 1.29 is 4.74 Å². The van der Waals surface area contributed by atoms with E-state index < -0.39 is 0 Å². The molecule has 1 radical (unpaired) electrons. The number of rotatable bonds is 2. The summed E-state index contributed by atoms with van der Waals surface area (Å²) in [6.07, 6.45) is 0. The zero-order valence-electron chi connectivity index (χ0n) is 8.11. The number of ether oxygens (including phenoxy) is 1. The van der Waals surface area contributed by atoms with Crippen LogP contribution >= 0.6 is 15.9 Å². The van der Waals surface area contributed by atoms with E-state index in [4.69, 9.17) is 4.74 Å². The van der Waals surface area contributed by atoms with Crippen molar-refractivity contribution >= 4 is 15.9 Å².